The highest BCUT2D eigenvalue weighted by atomic mass is 35.5. The van der Waals surface area contributed by atoms with E-state index in [-0.39, 0.29) is 17.9 Å². The molecule has 0 radical (unpaired) electrons. The minimum atomic E-state index is -0.563. The number of rotatable bonds is 4. The first-order valence-corrected chi connectivity index (χ1v) is 13.2. The van der Waals surface area contributed by atoms with Gasteiger partial charge >= 0.3 is 6.09 Å². The molecule has 2 aromatic carbocycles. The monoisotopic (exact) mass is 520 g/mol. The quantitative estimate of drug-likeness (QED) is 0.431. The summed E-state index contributed by atoms with van der Waals surface area (Å²) in [4.78, 5) is 30.3. The molecule has 5 rings (SSSR count). The van der Waals surface area contributed by atoms with Gasteiger partial charge in [-0.1, -0.05) is 41.9 Å². The summed E-state index contributed by atoms with van der Waals surface area (Å²) in [5, 5.41) is 5.29. The highest BCUT2D eigenvalue weighted by Gasteiger charge is 2.37. The number of benzene rings is 2. The Morgan fingerprint density at radius 1 is 0.919 bits per heavy atom. The summed E-state index contributed by atoms with van der Waals surface area (Å²) in [7, 11) is 0. The smallest absolute Gasteiger partial charge is 0.410 e. The van der Waals surface area contributed by atoms with Crippen molar-refractivity contribution < 1.29 is 14.3 Å². The van der Waals surface area contributed by atoms with Gasteiger partial charge in [-0.3, -0.25) is 4.79 Å². The molecular weight excluding hydrogens is 488 g/mol. The van der Waals surface area contributed by atoms with Crippen molar-refractivity contribution >= 4 is 23.6 Å². The van der Waals surface area contributed by atoms with Gasteiger partial charge in [-0.2, -0.15) is 5.10 Å². The number of likely N-dealkylation sites (tertiary alicyclic amines) is 2. The molecule has 0 bridgehead atoms. The molecule has 0 unspecified atom stereocenters. The molecule has 2 saturated heterocycles. The maximum Gasteiger partial charge on any atom is 0.410 e. The number of nitrogens with zero attached hydrogens (tertiary/aromatic N) is 4. The summed E-state index contributed by atoms with van der Waals surface area (Å²) in [6.45, 7) is 8.03. The topological polar surface area (TPSA) is 67.7 Å². The first-order chi connectivity index (χ1) is 17.7. The molecule has 7 nitrogen and oxygen atoms in total. The van der Waals surface area contributed by atoms with E-state index in [1.807, 2.05) is 72.8 Å². The number of hydrogen-bond acceptors (Lipinski definition) is 4. The molecule has 3 heterocycles. The van der Waals surface area contributed by atoms with Crippen molar-refractivity contribution in [2.45, 2.75) is 51.0 Å². The number of carbonyl (C=O) groups is 2. The molecule has 0 saturated carbocycles. The van der Waals surface area contributed by atoms with Gasteiger partial charge in [0.25, 0.3) is 5.91 Å². The molecule has 0 aliphatic carbocycles. The molecule has 2 aliphatic heterocycles. The highest BCUT2D eigenvalue weighted by molar-refractivity contribution is 6.30. The maximum atomic E-state index is 13.8. The van der Waals surface area contributed by atoms with Crippen LogP contribution < -0.4 is 0 Å². The number of carbonyl (C=O) groups excluding carboxylic acids is 2. The summed E-state index contributed by atoms with van der Waals surface area (Å²) in [6.07, 6.45) is 3.02. The van der Waals surface area contributed by atoms with Gasteiger partial charge < -0.3 is 14.5 Å². The summed E-state index contributed by atoms with van der Waals surface area (Å²) in [5.41, 5.74) is 2.96. The Bertz CT molecular complexity index is 1270. The van der Waals surface area contributed by atoms with E-state index in [4.69, 9.17) is 16.3 Å². The Kier molecular flexibility index (Phi) is 6.99. The van der Waals surface area contributed by atoms with Gasteiger partial charge in [0.15, 0.2) is 0 Å². The molecule has 194 valence electrons. The third-order valence-electron chi connectivity index (χ3n) is 7.08. The second kappa shape index (κ2) is 10.2. The average Bonchev–Trinajstić information content (AvgIpc) is 3.63. The van der Waals surface area contributed by atoms with Crippen LogP contribution in [0.15, 0.2) is 60.8 Å². The van der Waals surface area contributed by atoms with Crippen LogP contribution in [0.2, 0.25) is 5.02 Å². The molecule has 3 aromatic rings. The van der Waals surface area contributed by atoms with Crippen molar-refractivity contribution in [3.63, 3.8) is 0 Å². The largest absolute Gasteiger partial charge is 0.444 e. The Morgan fingerprint density at radius 2 is 1.57 bits per heavy atom. The van der Waals surface area contributed by atoms with Crippen LogP contribution in [0.5, 0.6) is 0 Å². The normalized spacial score (nSPS) is 19.9. The second-order valence-electron chi connectivity index (χ2n) is 10.9. The van der Waals surface area contributed by atoms with Gasteiger partial charge in [0.05, 0.1) is 23.1 Å². The third-order valence-corrected chi connectivity index (χ3v) is 7.33. The van der Waals surface area contributed by atoms with E-state index in [9.17, 15) is 9.59 Å². The van der Waals surface area contributed by atoms with Crippen LogP contribution >= 0.6 is 11.6 Å². The summed E-state index contributed by atoms with van der Waals surface area (Å²) >= 11 is 6.13. The van der Waals surface area contributed by atoms with Gasteiger partial charge in [0, 0.05) is 43.0 Å². The SMILES string of the molecule is CC(C)(C)OC(=O)N1CC[C@@H](c2c(C(=O)N3CC[C@H](c4ccccc4)C3)cnn2-c2ccc(Cl)cc2)C1. The van der Waals surface area contributed by atoms with E-state index in [0.717, 1.165) is 24.2 Å². The molecule has 1 aromatic heterocycles. The zero-order valence-electron chi connectivity index (χ0n) is 21.6. The lowest BCUT2D eigenvalue weighted by Crippen LogP contribution is -2.35. The van der Waals surface area contributed by atoms with Crippen LogP contribution in [-0.4, -0.2) is 63.4 Å². The lowest BCUT2D eigenvalue weighted by Gasteiger charge is -2.24. The Morgan fingerprint density at radius 3 is 2.27 bits per heavy atom. The second-order valence-corrected chi connectivity index (χ2v) is 11.3. The van der Waals surface area contributed by atoms with Gasteiger partial charge in [0.1, 0.15) is 5.60 Å². The lowest BCUT2D eigenvalue weighted by atomic mass is 9.98. The zero-order valence-corrected chi connectivity index (χ0v) is 22.3. The van der Waals surface area contributed by atoms with Gasteiger partial charge in [-0.25, -0.2) is 9.48 Å². The molecule has 2 aliphatic rings. The van der Waals surface area contributed by atoms with E-state index < -0.39 is 5.60 Å². The number of halogens is 1. The highest BCUT2D eigenvalue weighted by Crippen LogP contribution is 2.35. The van der Waals surface area contributed by atoms with Crippen molar-refractivity contribution in [3.8, 4) is 5.69 Å². The van der Waals surface area contributed by atoms with E-state index >= 15 is 0 Å². The predicted octanol–water partition coefficient (Wildman–Crippen LogP) is 5.88. The van der Waals surface area contributed by atoms with Crippen molar-refractivity contribution in [1.82, 2.24) is 19.6 Å². The maximum absolute atomic E-state index is 13.8. The summed E-state index contributed by atoms with van der Waals surface area (Å²) in [5.74, 6) is 0.274. The van der Waals surface area contributed by atoms with E-state index in [1.165, 1.54) is 5.56 Å². The average molecular weight is 521 g/mol. The molecule has 37 heavy (non-hydrogen) atoms. The zero-order chi connectivity index (χ0) is 26.2. The predicted molar refractivity (Wildman–Crippen MR) is 143 cm³/mol. The number of amides is 2. The van der Waals surface area contributed by atoms with Crippen LogP contribution in [-0.2, 0) is 4.74 Å². The fourth-order valence-electron chi connectivity index (χ4n) is 5.29. The Hall–Kier alpha value is -3.32. The number of hydrogen-bond donors (Lipinski definition) is 0. The molecule has 0 spiro atoms. The van der Waals surface area contributed by atoms with Crippen molar-refractivity contribution in [3.05, 3.63) is 82.6 Å². The van der Waals surface area contributed by atoms with Gasteiger partial charge in [-0.15, -0.1) is 0 Å². The van der Waals surface area contributed by atoms with Crippen LogP contribution in [0.25, 0.3) is 5.69 Å². The molecule has 0 N–H and O–H groups in total. The van der Waals surface area contributed by atoms with E-state index in [0.29, 0.717) is 42.7 Å². The number of aromatic nitrogens is 2. The Labute approximate surface area is 223 Å². The van der Waals surface area contributed by atoms with E-state index in [2.05, 4.69) is 17.2 Å². The van der Waals surface area contributed by atoms with Crippen LogP contribution in [0.3, 0.4) is 0 Å². The fraction of sp³-hybridized carbons (Fsp3) is 0.414. The van der Waals surface area contributed by atoms with Crippen LogP contribution in [0.4, 0.5) is 4.79 Å². The van der Waals surface area contributed by atoms with Crippen molar-refractivity contribution in [1.29, 1.82) is 0 Å². The van der Waals surface area contributed by atoms with Gasteiger partial charge in [-0.05, 0) is 63.4 Å². The van der Waals surface area contributed by atoms with Crippen molar-refractivity contribution in [2.24, 2.45) is 0 Å². The summed E-state index contributed by atoms with van der Waals surface area (Å²) in [6, 6.07) is 17.8. The lowest BCUT2D eigenvalue weighted by molar-refractivity contribution is 0.0292. The summed E-state index contributed by atoms with van der Waals surface area (Å²) < 4.78 is 7.43. The molecular formula is C29H33ClN4O3. The first kappa shape index (κ1) is 25.3. The minimum Gasteiger partial charge on any atom is -0.444 e. The van der Waals surface area contributed by atoms with Crippen LogP contribution in [0, 0.1) is 0 Å². The number of ether oxygens (including phenoxy) is 1. The standard InChI is InChI=1S/C29H33ClN4O3/c1-29(2,3)37-28(36)33-16-14-22(19-33)26-25(17-31-34(26)24-11-9-23(30)10-12-24)27(35)32-15-13-21(18-32)20-7-5-4-6-8-20/h4-12,17,21-22H,13-16,18-19H2,1-3H3/t21-,22+/m0/s1. The molecule has 2 atom stereocenters. The third kappa shape index (κ3) is 5.52. The Balaban J connectivity index is 1.43. The minimum absolute atomic E-state index is 0.00985. The molecule has 2 fully saturated rings. The fourth-order valence-corrected chi connectivity index (χ4v) is 5.42. The van der Waals surface area contributed by atoms with Crippen molar-refractivity contribution in [2.75, 3.05) is 26.2 Å². The van der Waals surface area contributed by atoms with Crippen LogP contribution in [0.1, 0.15) is 67.1 Å². The molecule has 2 amide bonds. The molecule has 8 heteroatoms. The van der Waals surface area contributed by atoms with Gasteiger partial charge in [0.2, 0.25) is 0 Å². The van der Waals surface area contributed by atoms with E-state index in [1.54, 1.807) is 11.1 Å². The first-order valence-electron chi connectivity index (χ1n) is 12.9.